The van der Waals surface area contributed by atoms with Gasteiger partial charge in [-0.1, -0.05) is 67.4 Å². The molecule has 1 heterocycles. The number of benzene rings is 3. The Hall–Kier alpha value is -5.81. The Morgan fingerprint density at radius 1 is 0.907 bits per heavy atom. The van der Waals surface area contributed by atoms with Crippen molar-refractivity contribution in [3.05, 3.63) is 89.5 Å². The number of amides is 6. The molecule has 3 aromatic rings. The van der Waals surface area contributed by atoms with Gasteiger partial charge in [-0.25, -0.2) is 14.5 Å². The number of carboxylic acids is 1. The number of aryl methyl sites for hydroxylation is 1. The van der Waals surface area contributed by atoms with E-state index in [2.05, 4.69) is 16.0 Å². The van der Waals surface area contributed by atoms with Crippen LogP contribution in [0.3, 0.4) is 0 Å². The maximum absolute atomic E-state index is 14.9. The zero-order valence-electron chi connectivity index (χ0n) is 28.8. The van der Waals surface area contributed by atoms with E-state index in [1.807, 2.05) is 0 Å². The summed E-state index contributed by atoms with van der Waals surface area (Å²) in [7, 11) is 1.12. The predicted octanol–water partition coefficient (Wildman–Crippen LogP) is 6.78. The van der Waals surface area contributed by atoms with E-state index >= 15 is 0 Å². The monoisotopic (exact) mass is 763 g/mol. The minimum Gasteiger partial charge on any atom is -0.495 e. The number of urea groups is 2. The van der Waals surface area contributed by atoms with E-state index in [0.717, 1.165) is 30.9 Å². The summed E-state index contributed by atoms with van der Waals surface area (Å²) in [6, 6.07) is 11.2. The van der Waals surface area contributed by atoms with Crippen molar-refractivity contribution in [2.24, 2.45) is 5.92 Å². The lowest BCUT2D eigenvalue weighted by atomic mass is 9.94. The van der Waals surface area contributed by atoms with Crippen LogP contribution in [0.15, 0.2) is 72.8 Å². The molecule has 0 bridgehead atoms. The van der Waals surface area contributed by atoms with Crippen LogP contribution in [0.4, 0.5) is 47.3 Å². The number of para-hydroxylation sites is 1. The Morgan fingerprint density at radius 3 is 2.09 bits per heavy atom. The normalized spacial score (nSPS) is 16.8. The molecule has 5 rings (SSSR count). The van der Waals surface area contributed by atoms with E-state index < -0.39 is 90.0 Å². The third kappa shape index (κ3) is 7.91. The van der Waals surface area contributed by atoms with E-state index in [1.165, 1.54) is 24.3 Å². The van der Waals surface area contributed by atoms with Crippen molar-refractivity contribution in [1.29, 1.82) is 0 Å². The quantitative estimate of drug-likeness (QED) is 0.111. The highest BCUT2D eigenvalue weighted by Gasteiger charge is 2.84. The first-order valence-corrected chi connectivity index (χ1v) is 16.5. The molecule has 1 aliphatic heterocycles. The number of carbonyl (C=O) groups is 5. The van der Waals surface area contributed by atoms with Crippen LogP contribution in [0.2, 0.25) is 0 Å². The van der Waals surface area contributed by atoms with Crippen LogP contribution in [-0.2, 0) is 20.9 Å². The van der Waals surface area contributed by atoms with Gasteiger partial charge in [0.2, 0.25) is 5.91 Å². The summed E-state index contributed by atoms with van der Waals surface area (Å²) in [5.74, 6) is -6.04. The second-order valence-corrected chi connectivity index (χ2v) is 12.9. The first-order chi connectivity index (χ1) is 25.4. The molecule has 0 radical (unpaired) electrons. The van der Waals surface area contributed by atoms with Crippen molar-refractivity contribution < 1.29 is 60.2 Å². The van der Waals surface area contributed by atoms with Gasteiger partial charge in [0.1, 0.15) is 11.8 Å². The van der Waals surface area contributed by atoms with Crippen LogP contribution in [-0.4, -0.2) is 75.8 Å². The van der Waals surface area contributed by atoms with E-state index in [9.17, 15) is 55.4 Å². The highest BCUT2D eigenvalue weighted by atomic mass is 19.4. The molecule has 18 heteroatoms. The molecule has 2 aliphatic rings. The van der Waals surface area contributed by atoms with Crippen LogP contribution in [0.25, 0.3) is 0 Å². The first kappa shape index (κ1) is 39.4. The Kier molecular flexibility index (Phi) is 11.1. The molecule has 1 saturated heterocycles. The van der Waals surface area contributed by atoms with E-state index in [-0.39, 0.29) is 27.5 Å². The Bertz CT molecular complexity index is 1910. The third-order valence-corrected chi connectivity index (χ3v) is 9.20. The number of halogens is 6. The van der Waals surface area contributed by atoms with E-state index in [0.29, 0.717) is 18.5 Å². The maximum atomic E-state index is 14.9. The highest BCUT2D eigenvalue weighted by Crippen LogP contribution is 2.53. The molecule has 6 amide bonds. The molecule has 4 N–H and O–H groups in total. The molecule has 0 aromatic heterocycles. The van der Waals surface area contributed by atoms with Crippen LogP contribution in [0, 0.1) is 12.8 Å². The fraction of sp³-hybridized carbons (Fsp3) is 0.361. The van der Waals surface area contributed by atoms with Gasteiger partial charge in [0.15, 0.2) is 0 Å². The lowest BCUT2D eigenvalue weighted by Gasteiger charge is -2.37. The average Bonchev–Trinajstić information content (AvgIpc) is 3.88. The Morgan fingerprint density at radius 2 is 1.52 bits per heavy atom. The van der Waals surface area contributed by atoms with Crippen molar-refractivity contribution in [3.8, 4) is 5.75 Å². The number of rotatable bonds is 13. The second kappa shape index (κ2) is 15.3. The number of hydrogen-bond donors (Lipinski definition) is 4. The van der Waals surface area contributed by atoms with Gasteiger partial charge in [-0.3, -0.25) is 19.3 Å². The molecule has 288 valence electrons. The van der Waals surface area contributed by atoms with Crippen LogP contribution < -0.4 is 20.7 Å². The molecule has 54 heavy (non-hydrogen) atoms. The zero-order chi connectivity index (χ0) is 39.6. The number of imide groups is 1. The van der Waals surface area contributed by atoms with Gasteiger partial charge in [0, 0.05) is 12.2 Å². The summed E-state index contributed by atoms with van der Waals surface area (Å²) in [6.45, 7) is 0.301. The Labute approximate surface area is 304 Å². The smallest absolute Gasteiger partial charge is 0.430 e. The van der Waals surface area contributed by atoms with Crippen molar-refractivity contribution in [2.45, 2.75) is 69.1 Å². The van der Waals surface area contributed by atoms with Crippen LogP contribution in [0.5, 0.6) is 5.75 Å². The number of anilines is 2. The number of carboxylic acid groups (broad SMARTS) is 1. The van der Waals surface area contributed by atoms with Gasteiger partial charge in [-0.15, -0.1) is 0 Å². The van der Waals surface area contributed by atoms with Gasteiger partial charge in [0.25, 0.3) is 5.91 Å². The number of hydrogen-bond acceptors (Lipinski definition) is 6. The summed E-state index contributed by atoms with van der Waals surface area (Å²) in [5, 5.41) is 16.9. The maximum Gasteiger partial charge on any atom is 0.430 e. The highest BCUT2D eigenvalue weighted by molar-refractivity contribution is 6.11. The molecule has 1 saturated carbocycles. The molecular weight excluding hydrogens is 728 g/mol. The van der Waals surface area contributed by atoms with Gasteiger partial charge in [0.05, 0.1) is 25.3 Å². The Balaban J connectivity index is 1.50. The summed E-state index contributed by atoms with van der Waals surface area (Å²) in [6.07, 6.45) is -13.2. The number of carbonyl (C=O) groups excluding carboxylic acids is 4. The predicted molar refractivity (Wildman–Crippen MR) is 180 cm³/mol. The number of alkyl halides is 6. The summed E-state index contributed by atoms with van der Waals surface area (Å²) < 4.78 is 94.8. The van der Waals surface area contributed by atoms with E-state index in [4.69, 9.17) is 4.74 Å². The average molecular weight is 764 g/mol. The molecule has 12 nitrogen and oxygen atoms in total. The lowest BCUT2D eigenvalue weighted by Crippen LogP contribution is -2.69. The van der Waals surface area contributed by atoms with Crippen LogP contribution >= 0.6 is 0 Å². The van der Waals surface area contributed by atoms with Gasteiger partial charge in [-0.2, -0.15) is 26.3 Å². The van der Waals surface area contributed by atoms with Crippen molar-refractivity contribution in [1.82, 2.24) is 15.1 Å². The number of methoxy groups -OCH3 is 1. The fourth-order valence-corrected chi connectivity index (χ4v) is 6.31. The van der Waals surface area contributed by atoms with Gasteiger partial charge < -0.3 is 25.8 Å². The van der Waals surface area contributed by atoms with Crippen molar-refractivity contribution >= 4 is 41.2 Å². The SMILES string of the molecule is COc1cc(CN2C(=O)N([C@@H](CC3CC3)C(=O)N[C@@H](CC(=O)O)c3ccccc3)C(=O)C2(C(F)(F)F)C(F)(F)F)ccc1NC(=O)Nc1ccccc1C. The molecule has 2 atom stereocenters. The van der Waals surface area contributed by atoms with E-state index in [1.54, 1.807) is 37.3 Å². The van der Waals surface area contributed by atoms with Crippen molar-refractivity contribution in [2.75, 3.05) is 17.7 Å². The first-order valence-electron chi connectivity index (χ1n) is 16.5. The largest absolute Gasteiger partial charge is 0.495 e. The van der Waals surface area contributed by atoms with Crippen LogP contribution in [0.1, 0.15) is 48.4 Å². The second-order valence-electron chi connectivity index (χ2n) is 12.9. The molecule has 1 aliphatic carbocycles. The van der Waals surface area contributed by atoms with Crippen molar-refractivity contribution in [3.63, 3.8) is 0 Å². The zero-order valence-corrected chi connectivity index (χ0v) is 28.8. The van der Waals surface area contributed by atoms with Gasteiger partial charge in [-0.05, 0) is 54.2 Å². The molecule has 2 fully saturated rings. The minimum absolute atomic E-state index is 0.0359. The summed E-state index contributed by atoms with van der Waals surface area (Å²) in [4.78, 5) is 64.9. The minimum atomic E-state index is -6.43. The fourth-order valence-electron chi connectivity index (χ4n) is 6.31. The topological polar surface area (TPSA) is 157 Å². The summed E-state index contributed by atoms with van der Waals surface area (Å²) in [5.41, 5.74) is -4.37. The third-order valence-electron chi connectivity index (χ3n) is 9.20. The standard InChI is InChI=1S/C36H35F6N5O7/c1-20-8-6-7-11-24(20)44-32(52)45-25-15-14-22(17-28(25)54-2)19-46-33(53)47(31(51)34(46,35(37,38)39)36(40,41)42)27(16-21-12-13-21)30(50)43-26(18-29(48)49)23-9-4-3-5-10-23/h3-11,14-15,17,21,26-27H,12-13,16,18-19H2,1-2H3,(H,43,50)(H,48,49)(H2,44,45,52)/t26-,27-/m0/s1. The number of ether oxygens (including phenoxy) is 1. The number of nitrogens with one attached hydrogen (secondary N) is 3. The molecule has 3 aromatic carbocycles. The molecule has 0 unspecified atom stereocenters. The summed E-state index contributed by atoms with van der Waals surface area (Å²) >= 11 is 0. The number of aliphatic carboxylic acids is 1. The van der Waals surface area contributed by atoms with Gasteiger partial charge >= 0.3 is 35.9 Å². The lowest BCUT2D eigenvalue weighted by molar-refractivity contribution is -0.315. The number of nitrogens with zero attached hydrogens (tertiary/aromatic N) is 2. The molecular formula is C36H35F6N5O7. The molecule has 0 spiro atoms.